The minimum Gasteiger partial charge on any atom is -0.325 e. The summed E-state index contributed by atoms with van der Waals surface area (Å²) in [4.78, 5) is 28.1. The average molecular weight is 415 g/mol. The zero-order chi connectivity index (χ0) is 20.9. The highest BCUT2D eigenvalue weighted by atomic mass is 32.2. The number of nitro groups is 1. The van der Waals surface area contributed by atoms with Crippen molar-refractivity contribution < 1.29 is 9.72 Å². The van der Waals surface area contributed by atoms with Crippen molar-refractivity contribution in [1.82, 2.24) is 4.98 Å². The molecule has 0 aliphatic heterocycles. The van der Waals surface area contributed by atoms with Crippen LogP contribution in [0.3, 0.4) is 0 Å². The molecule has 0 aliphatic rings. The Morgan fingerprint density at radius 3 is 2.30 bits per heavy atom. The number of thioether (sulfide) groups is 1. The predicted molar refractivity (Wildman–Crippen MR) is 120 cm³/mol. The third kappa shape index (κ3) is 4.47. The molecule has 148 valence electrons. The Morgan fingerprint density at radius 2 is 1.60 bits per heavy atom. The van der Waals surface area contributed by atoms with Crippen molar-refractivity contribution in [2.75, 3.05) is 11.1 Å². The lowest BCUT2D eigenvalue weighted by molar-refractivity contribution is -0.384. The fourth-order valence-corrected chi connectivity index (χ4v) is 3.90. The van der Waals surface area contributed by atoms with E-state index in [0.29, 0.717) is 5.69 Å². The van der Waals surface area contributed by atoms with Gasteiger partial charge in [0.15, 0.2) is 0 Å². The molecule has 0 radical (unpaired) electrons. The van der Waals surface area contributed by atoms with Gasteiger partial charge in [-0.05, 0) is 47.5 Å². The first-order valence-corrected chi connectivity index (χ1v) is 10.2. The lowest BCUT2D eigenvalue weighted by Crippen LogP contribution is -2.13. The number of hydrogen-bond acceptors (Lipinski definition) is 5. The number of non-ortho nitro benzene ring substituents is 1. The Balaban J connectivity index is 1.38. The molecule has 0 bridgehead atoms. The number of nitrogens with one attached hydrogen (secondary N) is 1. The molecule has 0 spiro atoms. The van der Waals surface area contributed by atoms with Gasteiger partial charge in [-0.25, -0.2) is 0 Å². The van der Waals surface area contributed by atoms with E-state index in [1.165, 1.54) is 23.9 Å². The number of anilines is 1. The van der Waals surface area contributed by atoms with E-state index in [9.17, 15) is 14.9 Å². The quantitative estimate of drug-likeness (QED) is 0.254. The second-order valence-corrected chi connectivity index (χ2v) is 7.57. The van der Waals surface area contributed by atoms with Crippen LogP contribution in [0.15, 0.2) is 90.0 Å². The summed E-state index contributed by atoms with van der Waals surface area (Å²) in [5.41, 5.74) is 3.44. The molecule has 30 heavy (non-hydrogen) atoms. The Labute approximate surface area is 177 Å². The number of pyridine rings is 1. The molecule has 4 rings (SSSR count). The number of nitro benzene ring substituents is 1. The van der Waals surface area contributed by atoms with Crippen LogP contribution >= 0.6 is 11.8 Å². The molecule has 0 saturated carbocycles. The molecule has 0 unspecified atom stereocenters. The van der Waals surface area contributed by atoms with Gasteiger partial charge < -0.3 is 5.32 Å². The second-order valence-electron chi connectivity index (χ2n) is 6.55. The van der Waals surface area contributed by atoms with Gasteiger partial charge in [0.2, 0.25) is 5.91 Å². The number of amides is 1. The molecule has 7 heteroatoms. The van der Waals surface area contributed by atoms with Crippen molar-refractivity contribution in [3.63, 3.8) is 0 Å². The van der Waals surface area contributed by atoms with Crippen molar-refractivity contribution in [2.45, 2.75) is 4.90 Å². The number of nitrogens with zero attached hydrogens (tertiary/aromatic N) is 2. The minimum atomic E-state index is -0.422. The van der Waals surface area contributed by atoms with Crippen LogP contribution in [0.25, 0.3) is 22.0 Å². The van der Waals surface area contributed by atoms with Crippen molar-refractivity contribution in [2.24, 2.45) is 0 Å². The summed E-state index contributed by atoms with van der Waals surface area (Å²) >= 11 is 1.45. The molecular weight excluding hydrogens is 398 g/mol. The van der Waals surface area contributed by atoms with Gasteiger partial charge in [0.25, 0.3) is 5.69 Å². The maximum Gasteiger partial charge on any atom is 0.269 e. The summed E-state index contributed by atoms with van der Waals surface area (Å²) in [7, 11) is 0. The number of fused-ring (bicyclic) bond motifs is 1. The van der Waals surface area contributed by atoms with Crippen LogP contribution in [0.4, 0.5) is 11.4 Å². The smallest absolute Gasteiger partial charge is 0.269 e. The van der Waals surface area contributed by atoms with E-state index in [-0.39, 0.29) is 17.3 Å². The van der Waals surface area contributed by atoms with Crippen LogP contribution in [0.2, 0.25) is 0 Å². The Morgan fingerprint density at radius 1 is 0.933 bits per heavy atom. The van der Waals surface area contributed by atoms with Crippen molar-refractivity contribution in [3.05, 3.63) is 95.2 Å². The number of carbonyl (C=O) groups excluding carboxylic acids is 1. The van der Waals surface area contributed by atoms with E-state index in [0.717, 1.165) is 26.9 Å². The minimum absolute atomic E-state index is 0.0570. The zero-order valence-electron chi connectivity index (χ0n) is 15.8. The number of hydrogen-bond donors (Lipinski definition) is 1. The molecule has 0 saturated heterocycles. The van der Waals surface area contributed by atoms with E-state index in [2.05, 4.69) is 10.3 Å². The molecule has 0 aliphatic carbocycles. The maximum atomic E-state index is 12.4. The van der Waals surface area contributed by atoms with Crippen LogP contribution in [-0.2, 0) is 4.79 Å². The Kier molecular flexibility index (Phi) is 5.72. The van der Waals surface area contributed by atoms with Crippen molar-refractivity contribution in [1.29, 1.82) is 0 Å². The van der Waals surface area contributed by atoms with Crippen LogP contribution in [0.1, 0.15) is 0 Å². The van der Waals surface area contributed by atoms with Gasteiger partial charge in [0, 0.05) is 34.3 Å². The summed E-state index contributed by atoms with van der Waals surface area (Å²) in [6.07, 6.45) is 1.75. The van der Waals surface area contributed by atoms with Crippen LogP contribution < -0.4 is 5.32 Å². The van der Waals surface area contributed by atoms with Crippen LogP contribution in [0.5, 0.6) is 0 Å². The fourth-order valence-electron chi connectivity index (χ4n) is 3.05. The number of carbonyl (C=O) groups is 1. The number of para-hydroxylation sites is 1. The van der Waals surface area contributed by atoms with E-state index < -0.39 is 4.92 Å². The summed E-state index contributed by atoms with van der Waals surface area (Å²) in [6, 6.07) is 23.6. The van der Waals surface area contributed by atoms with Gasteiger partial charge in [-0.2, -0.15) is 0 Å². The fraction of sp³-hybridized carbons (Fsp3) is 0.0435. The highest BCUT2D eigenvalue weighted by Gasteiger charge is 2.08. The summed E-state index contributed by atoms with van der Waals surface area (Å²) in [5.74, 6) is 0.177. The van der Waals surface area contributed by atoms with Gasteiger partial charge in [0.05, 0.1) is 16.2 Å². The average Bonchev–Trinajstić information content (AvgIpc) is 2.78. The van der Waals surface area contributed by atoms with Gasteiger partial charge in [0.1, 0.15) is 0 Å². The predicted octanol–water partition coefficient (Wildman–Crippen LogP) is 5.54. The third-order valence-corrected chi connectivity index (χ3v) is 5.58. The van der Waals surface area contributed by atoms with Crippen LogP contribution in [0, 0.1) is 10.1 Å². The molecule has 1 amide bonds. The molecule has 1 N–H and O–H groups in total. The van der Waals surface area contributed by atoms with Gasteiger partial charge in [-0.15, -0.1) is 11.8 Å². The largest absolute Gasteiger partial charge is 0.325 e. The van der Waals surface area contributed by atoms with E-state index in [1.807, 2.05) is 54.6 Å². The van der Waals surface area contributed by atoms with Crippen LogP contribution in [-0.4, -0.2) is 21.6 Å². The second kappa shape index (κ2) is 8.75. The van der Waals surface area contributed by atoms with E-state index in [4.69, 9.17) is 0 Å². The number of aromatic nitrogens is 1. The Hall–Kier alpha value is -3.71. The topological polar surface area (TPSA) is 85.1 Å². The SMILES string of the molecule is O=C(CSc1cccc2cccnc12)Nc1ccc(-c2ccc([N+](=O)[O-])cc2)cc1. The molecular formula is C23H17N3O3S. The highest BCUT2D eigenvalue weighted by Crippen LogP contribution is 2.27. The first kappa shape index (κ1) is 19.6. The molecule has 4 aromatic rings. The third-order valence-electron chi connectivity index (χ3n) is 4.53. The van der Waals surface area contributed by atoms with E-state index >= 15 is 0 Å². The molecule has 1 heterocycles. The standard InChI is InChI=1S/C23H17N3O3S/c27-22(15-30-21-5-1-3-18-4-2-14-24-23(18)21)25-19-10-6-16(7-11-19)17-8-12-20(13-9-17)26(28)29/h1-14H,15H2,(H,25,27). The molecule has 0 atom stereocenters. The molecule has 3 aromatic carbocycles. The van der Waals surface area contributed by atoms with Gasteiger partial charge in [-0.3, -0.25) is 19.9 Å². The highest BCUT2D eigenvalue weighted by molar-refractivity contribution is 8.00. The number of rotatable bonds is 6. The summed E-state index contributed by atoms with van der Waals surface area (Å²) < 4.78 is 0. The van der Waals surface area contributed by atoms with Crippen molar-refractivity contribution >= 4 is 39.9 Å². The van der Waals surface area contributed by atoms with Gasteiger partial charge in [-0.1, -0.05) is 30.3 Å². The lowest BCUT2D eigenvalue weighted by Gasteiger charge is -2.08. The van der Waals surface area contributed by atoms with Gasteiger partial charge >= 0.3 is 0 Å². The monoisotopic (exact) mass is 415 g/mol. The molecule has 0 fully saturated rings. The lowest BCUT2D eigenvalue weighted by atomic mass is 10.1. The molecule has 1 aromatic heterocycles. The summed E-state index contributed by atoms with van der Waals surface area (Å²) in [5, 5.41) is 14.7. The first-order valence-electron chi connectivity index (χ1n) is 9.21. The number of benzene rings is 3. The van der Waals surface area contributed by atoms with E-state index in [1.54, 1.807) is 18.3 Å². The zero-order valence-corrected chi connectivity index (χ0v) is 16.6. The normalized spacial score (nSPS) is 10.7. The van der Waals surface area contributed by atoms with Crippen molar-refractivity contribution in [3.8, 4) is 11.1 Å². The Bertz CT molecular complexity index is 1200. The first-order chi connectivity index (χ1) is 14.6. The summed E-state index contributed by atoms with van der Waals surface area (Å²) in [6.45, 7) is 0. The maximum absolute atomic E-state index is 12.4. The molecule has 6 nitrogen and oxygen atoms in total.